The van der Waals surface area contributed by atoms with E-state index in [2.05, 4.69) is 19.2 Å². The largest absolute Gasteiger partial charge is 0.395 e. The van der Waals surface area contributed by atoms with Crippen LogP contribution in [0.2, 0.25) is 10.0 Å². The fourth-order valence-electron chi connectivity index (χ4n) is 1.41. The molecular weight excluding hydrogens is 245 g/mol. The Labute approximate surface area is 107 Å². The third-order valence-electron chi connectivity index (χ3n) is 2.55. The van der Waals surface area contributed by atoms with Gasteiger partial charge < -0.3 is 10.4 Å². The summed E-state index contributed by atoms with van der Waals surface area (Å²) in [4.78, 5) is 0. The lowest BCUT2D eigenvalue weighted by Crippen LogP contribution is -2.36. The second-order valence-corrected chi connectivity index (χ2v) is 4.98. The van der Waals surface area contributed by atoms with E-state index in [0.717, 1.165) is 5.56 Å². The number of aliphatic hydroxyl groups excluding tert-OH is 1. The second-order valence-electron chi connectivity index (χ2n) is 4.16. The predicted octanol–water partition coefficient (Wildman–Crippen LogP) is 3.10. The maximum Gasteiger partial charge on any atom is 0.0595 e. The number of halogens is 2. The summed E-state index contributed by atoms with van der Waals surface area (Å²) < 4.78 is 0. The van der Waals surface area contributed by atoms with Crippen molar-refractivity contribution in [3.63, 3.8) is 0 Å². The molecule has 1 aromatic rings. The molecule has 0 heterocycles. The first-order valence-electron chi connectivity index (χ1n) is 5.32. The molecule has 4 heteroatoms. The molecule has 16 heavy (non-hydrogen) atoms. The molecule has 0 aromatic heterocycles. The average molecular weight is 262 g/mol. The van der Waals surface area contributed by atoms with Crippen molar-refractivity contribution in [2.24, 2.45) is 5.92 Å². The molecule has 0 saturated carbocycles. The molecule has 90 valence electrons. The van der Waals surface area contributed by atoms with Gasteiger partial charge in [-0.05, 0) is 23.6 Å². The van der Waals surface area contributed by atoms with Gasteiger partial charge in [0.1, 0.15) is 0 Å². The van der Waals surface area contributed by atoms with E-state index in [1.165, 1.54) is 0 Å². The van der Waals surface area contributed by atoms with E-state index in [4.69, 9.17) is 28.3 Å². The Morgan fingerprint density at radius 2 is 1.94 bits per heavy atom. The Morgan fingerprint density at radius 1 is 1.25 bits per heavy atom. The monoisotopic (exact) mass is 261 g/mol. The molecule has 0 radical (unpaired) electrons. The first-order chi connectivity index (χ1) is 7.54. The zero-order valence-corrected chi connectivity index (χ0v) is 11.0. The number of benzene rings is 1. The van der Waals surface area contributed by atoms with Crippen LogP contribution in [0.3, 0.4) is 0 Å². The third kappa shape index (κ3) is 3.95. The smallest absolute Gasteiger partial charge is 0.0595 e. The van der Waals surface area contributed by atoms with Gasteiger partial charge in [-0.15, -0.1) is 0 Å². The Hall–Kier alpha value is -0.280. The van der Waals surface area contributed by atoms with E-state index in [9.17, 15) is 0 Å². The summed E-state index contributed by atoms with van der Waals surface area (Å²) >= 11 is 11.7. The fraction of sp³-hybridized carbons (Fsp3) is 0.500. The Kier molecular flexibility index (Phi) is 5.56. The second kappa shape index (κ2) is 6.45. The molecule has 0 fully saturated rings. The highest BCUT2D eigenvalue weighted by Gasteiger charge is 2.11. The molecule has 0 bridgehead atoms. The Morgan fingerprint density at radius 3 is 2.44 bits per heavy atom. The summed E-state index contributed by atoms with van der Waals surface area (Å²) in [6.45, 7) is 4.96. The van der Waals surface area contributed by atoms with E-state index < -0.39 is 0 Å². The highest BCUT2D eigenvalue weighted by molar-refractivity contribution is 6.42. The minimum absolute atomic E-state index is 0.106. The highest BCUT2D eigenvalue weighted by Crippen LogP contribution is 2.22. The molecule has 1 unspecified atom stereocenters. The third-order valence-corrected chi connectivity index (χ3v) is 3.29. The van der Waals surface area contributed by atoms with Crippen LogP contribution in [0.15, 0.2) is 18.2 Å². The van der Waals surface area contributed by atoms with Crippen LogP contribution in [-0.2, 0) is 6.54 Å². The van der Waals surface area contributed by atoms with Gasteiger partial charge in [-0.25, -0.2) is 0 Å². The summed E-state index contributed by atoms with van der Waals surface area (Å²) in [7, 11) is 0. The quantitative estimate of drug-likeness (QED) is 0.854. The maximum absolute atomic E-state index is 9.16. The van der Waals surface area contributed by atoms with Gasteiger partial charge in [0.2, 0.25) is 0 Å². The van der Waals surface area contributed by atoms with E-state index in [-0.39, 0.29) is 12.6 Å². The summed E-state index contributed by atoms with van der Waals surface area (Å²) in [5.74, 6) is 0.396. The van der Waals surface area contributed by atoms with Crippen LogP contribution in [-0.4, -0.2) is 17.8 Å². The molecule has 0 aliphatic heterocycles. The number of nitrogens with one attached hydrogen (secondary N) is 1. The topological polar surface area (TPSA) is 32.3 Å². The standard InChI is InChI=1S/C12H17Cl2NO/c1-8(2)12(7-16)15-6-9-3-4-10(13)11(14)5-9/h3-5,8,12,15-16H,6-7H2,1-2H3. The van der Waals surface area contributed by atoms with Crippen LogP contribution >= 0.6 is 23.2 Å². The molecule has 1 aromatic carbocycles. The van der Waals surface area contributed by atoms with Crippen LogP contribution in [0.1, 0.15) is 19.4 Å². The fourth-order valence-corrected chi connectivity index (χ4v) is 1.73. The molecule has 1 rings (SSSR count). The molecule has 1 atom stereocenters. The van der Waals surface area contributed by atoms with Gasteiger partial charge in [0.25, 0.3) is 0 Å². The summed E-state index contributed by atoms with van der Waals surface area (Å²) in [5, 5.41) is 13.6. The minimum Gasteiger partial charge on any atom is -0.395 e. The van der Waals surface area contributed by atoms with Crippen molar-refractivity contribution in [2.45, 2.75) is 26.4 Å². The summed E-state index contributed by atoms with van der Waals surface area (Å²) in [6, 6.07) is 5.65. The molecule has 0 aliphatic rings. The summed E-state index contributed by atoms with van der Waals surface area (Å²) in [6.07, 6.45) is 0. The normalized spacial score (nSPS) is 13.1. The number of rotatable bonds is 5. The van der Waals surface area contributed by atoms with Crippen molar-refractivity contribution in [2.75, 3.05) is 6.61 Å². The number of hydrogen-bond donors (Lipinski definition) is 2. The lowest BCUT2D eigenvalue weighted by Gasteiger charge is -2.20. The van der Waals surface area contributed by atoms with E-state index in [1.54, 1.807) is 6.07 Å². The number of aliphatic hydroxyl groups is 1. The van der Waals surface area contributed by atoms with Crippen molar-refractivity contribution in [1.82, 2.24) is 5.32 Å². The number of hydrogen-bond acceptors (Lipinski definition) is 2. The highest BCUT2D eigenvalue weighted by atomic mass is 35.5. The zero-order valence-electron chi connectivity index (χ0n) is 9.50. The summed E-state index contributed by atoms with van der Waals surface area (Å²) in [5.41, 5.74) is 1.06. The van der Waals surface area contributed by atoms with E-state index >= 15 is 0 Å². The van der Waals surface area contributed by atoms with Crippen LogP contribution in [0.4, 0.5) is 0 Å². The first kappa shape index (κ1) is 13.8. The van der Waals surface area contributed by atoms with E-state index in [0.29, 0.717) is 22.5 Å². The van der Waals surface area contributed by atoms with Crippen molar-refractivity contribution in [3.8, 4) is 0 Å². The van der Waals surface area contributed by atoms with Gasteiger partial charge in [-0.1, -0.05) is 43.1 Å². The van der Waals surface area contributed by atoms with Gasteiger partial charge >= 0.3 is 0 Å². The van der Waals surface area contributed by atoms with Crippen molar-refractivity contribution in [1.29, 1.82) is 0 Å². The molecule has 0 spiro atoms. The SMILES string of the molecule is CC(C)C(CO)NCc1ccc(Cl)c(Cl)c1. The van der Waals surface area contributed by atoms with Crippen molar-refractivity contribution < 1.29 is 5.11 Å². The van der Waals surface area contributed by atoms with Gasteiger partial charge in [-0.2, -0.15) is 0 Å². The van der Waals surface area contributed by atoms with Gasteiger partial charge in [-0.3, -0.25) is 0 Å². The van der Waals surface area contributed by atoms with Gasteiger partial charge in [0.05, 0.1) is 16.7 Å². The van der Waals surface area contributed by atoms with Crippen molar-refractivity contribution >= 4 is 23.2 Å². The van der Waals surface area contributed by atoms with Crippen LogP contribution < -0.4 is 5.32 Å². The molecule has 0 saturated heterocycles. The Bertz CT molecular complexity index is 342. The molecular formula is C12H17Cl2NO. The van der Waals surface area contributed by atoms with Crippen LogP contribution in [0.25, 0.3) is 0 Å². The zero-order chi connectivity index (χ0) is 12.1. The van der Waals surface area contributed by atoms with Crippen molar-refractivity contribution in [3.05, 3.63) is 33.8 Å². The first-order valence-corrected chi connectivity index (χ1v) is 6.08. The van der Waals surface area contributed by atoms with Crippen LogP contribution in [0.5, 0.6) is 0 Å². The van der Waals surface area contributed by atoms with Crippen LogP contribution in [0, 0.1) is 5.92 Å². The van der Waals surface area contributed by atoms with Gasteiger partial charge in [0, 0.05) is 12.6 Å². The molecule has 0 amide bonds. The Balaban J connectivity index is 2.57. The molecule has 2 N–H and O–H groups in total. The van der Waals surface area contributed by atoms with E-state index in [1.807, 2.05) is 12.1 Å². The lowest BCUT2D eigenvalue weighted by molar-refractivity contribution is 0.210. The molecule has 0 aliphatic carbocycles. The lowest BCUT2D eigenvalue weighted by atomic mass is 10.1. The molecule has 2 nitrogen and oxygen atoms in total. The average Bonchev–Trinajstić information content (AvgIpc) is 2.23. The minimum atomic E-state index is 0.106. The van der Waals surface area contributed by atoms with Gasteiger partial charge in [0.15, 0.2) is 0 Å². The maximum atomic E-state index is 9.16. The predicted molar refractivity (Wildman–Crippen MR) is 69.0 cm³/mol.